The van der Waals surface area contributed by atoms with Gasteiger partial charge in [0.05, 0.1) is 11.5 Å². The third-order valence-corrected chi connectivity index (χ3v) is 5.44. The van der Waals surface area contributed by atoms with Gasteiger partial charge in [-0.15, -0.1) is 0 Å². The van der Waals surface area contributed by atoms with Gasteiger partial charge in [-0.25, -0.2) is 13.2 Å². The first-order chi connectivity index (χ1) is 11.3. The summed E-state index contributed by atoms with van der Waals surface area (Å²) in [5.41, 5.74) is 3.03. The van der Waals surface area contributed by atoms with Crippen molar-refractivity contribution in [2.75, 3.05) is 12.9 Å². The SMILES string of the molecule is CS(=O)(=O)c1ccc(/C=C2/CCOC2=O)c(-c2ccc(Br)cc2)c1. The molecule has 0 radical (unpaired) electrons. The summed E-state index contributed by atoms with van der Waals surface area (Å²) in [4.78, 5) is 12.0. The number of ether oxygens (including phenoxy) is 1. The molecule has 0 aromatic heterocycles. The van der Waals surface area contributed by atoms with Crippen LogP contribution in [0.3, 0.4) is 0 Å². The molecule has 6 heteroatoms. The smallest absolute Gasteiger partial charge is 0.334 e. The number of esters is 1. The molecule has 0 unspecified atom stereocenters. The minimum atomic E-state index is -3.32. The number of hydrogen-bond donors (Lipinski definition) is 0. The van der Waals surface area contributed by atoms with E-state index in [1.807, 2.05) is 24.3 Å². The van der Waals surface area contributed by atoms with Crippen molar-refractivity contribution < 1.29 is 17.9 Å². The Balaban J connectivity index is 2.18. The van der Waals surface area contributed by atoms with E-state index in [-0.39, 0.29) is 10.9 Å². The molecule has 0 saturated carbocycles. The Morgan fingerprint density at radius 1 is 1.12 bits per heavy atom. The quantitative estimate of drug-likeness (QED) is 0.573. The fraction of sp³-hybridized carbons (Fsp3) is 0.167. The molecular weight excluding hydrogens is 392 g/mol. The van der Waals surface area contributed by atoms with Crippen LogP contribution in [0.2, 0.25) is 0 Å². The van der Waals surface area contributed by atoms with Gasteiger partial charge in [0, 0.05) is 22.7 Å². The van der Waals surface area contributed by atoms with E-state index >= 15 is 0 Å². The number of benzene rings is 2. The zero-order valence-corrected chi connectivity index (χ0v) is 15.4. The second kappa shape index (κ2) is 6.53. The van der Waals surface area contributed by atoms with Gasteiger partial charge in [0.25, 0.3) is 0 Å². The minimum absolute atomic E-state index is 0.247. The van der Waals surface area contributed by atoms with Crippen LogP contribution in [-0.2, 0) is 19.4 Å². The van der Waals surface area contributed by atoms with E-state index in [4.69, 9.17) is 4.74 Å². The lowest BCUT2D eigenvalue weighted by molar-refractivity contribution is -0.134. The third-order valence-electron chi connectivity index (χ3n) is 3.80. The zero-order chi connectivity index (χ0) is 17.3. The minimum Gasteiger partial charge on any atom is -0.462 e. The van der Waals surface area contributed by atoms with Crippen molar-refractivity contribution in [2.45, 2.75) is 11.3 Å². The molecule has 1 heterocycles. The van der Waals surface area contributed by atoms with Gasteiger partial charge in [-0.3, -0.25) is 0 Å². The average Bonchev–Trinajstić information content (AvgIpc) is 2.93. The van der Waals surface area contributed by atoms with E-state index in [1.54, 1.807) is 24.3 Å². The van der Waals surface area contributed by atoms with E-state index < -0.39 is 9.84 Å². The van der Waals surface area contributed by atoms with Crippen LogP contribution in [0.25, 0.3) is 17.2 Å². The maximum Gasteiger partial charge on any atom is 0.334 e. The van der Waals surface area contributed by atoms with Crippen molar-refractivity contribution in [3.8, 4) is 11.1 Å². The summed E-state index contributed by atoms with van der Waals surface area (Å²) in [5, 5.41) is 0. The summed E-state index contributed by atoms with van der Waals surface area (Å²) in [5.74, 6) is -0.316. The van der Waals surface area contributed by atoms with E-state index in [0.717, 1.165) is 21.2 Å². The average molecular weight is 407 g/mol. The molecule has 24 heavy (non-hydrogen) atoms. The standard InChI is InChI=1S/C18H15BrO4S/c1-24(21,22)16-7-4-13(10-14-8-9-23-18(14)20)17(11-16)12-2-5-15(19)6-3-12/h2-7,10-11H,8-9H2,1H3/b14-10-. The molecule has 0 spiro atoms. The first-order valence-corrected chi connectivity index (χ1v) is 10.0. The molecule has 0 aliphatic carbocycles. The molecule has 0 amide bonds. The molecule has 4 nitrogen and oxygen atoms in total. The maximum atomic E-state index is 11.9. The highest BCUT2D eigenvalue weighted by atomic mass is 79.9. The summed E-state index contributed by atoms with van der Waals surface area (Å²) in [7, 11) is -3.32. The molecule has 1 saturated heterocycles. The van der Waals surface area contributed by atoms with Crippen molar-refractivity contribution >= 4 is 37.8 Å². The Bertz CT molecular complexity index is 928. The normalized spacial score (nSPS) is 16.4. The highest BCUT2D eigenvalue weighted by Gasteiger charge is 2.19. The summed E-state index contributed by atoms with van der Waals surface area (Å²) < 4.78 is 29.7. The highest BCUT2D eigenvalue weighted by molar-refractivity contribution is 9.10. The number of cyclic esters (lactones) is 1. The monoisotopic (exact) mass is 406 g/mol. The van der Waals surface area contributed by atoms with Gasteiger partial charge >= 0.3 is 5.97 Å². The maximum absolute atomic E-state index is 11.9. The van der Waals surface area contributed by atoms with Crippen LogP contribution in [0.15, 0.2) is 57.4 Å². The lowest BCUT2D eigenvalue weighted by Crippen LogP contribution is -1.99. The Labute approximate surface area is 149 Å². The van der Waals surface area contributed by atoms with E-state index in [2.05, 4.69) is 15.9 Å². The molecule has 0 atom stereocenters. The predicted octanol–water partition coefficient (Wildman–Crippen LogP) is 3.85. The number of hydrogen-bond acceptors (Lipinski definition) is 4. The third kappa shape index (κ3) is 3.60. The lowest BCUT2D eigenvalue weighted by Gasteiger charge is -2.10. The number of carbonyl (C=O) groups is 1. The number of sulfone groups is 1. The van der Waals surface area contributed by atoms with E-state index in [0.29, 0.717) is 18.6 Å². The van der Waals surface area contributed by atoms with Gasteiger partial charge in [0.1, 0.15) is 0 Å². The van der Waals surface area contributed by atoms with Crippen LogP contribution in [0.5, 0.6) is 0 Å². The van der Waals surface area contributed by atoms with Crippen LogP contribution in [0.1, 0.15) is 12.0 Å². The van der Waals surface area contributed by atoms with Crippen molar-refractivity contribution in [1.29, 1.82) is 0 Å². The van der Waals surface area contributed by atoms with Crippen LogP contribution in [0.4, 0.5) is 0 Å². The van der Waals surface area contributed by atoms with Crippen LogP contribution in [0, 0.1) is 0 Å². The molecule has 1 fully saturated rings. The molecule has 3 rings (SSSR count). The van der Waals surface area contributed by atoms with E-state index in [9.17, 15) is 13.2 Å². The van der Waals surface area contributed by atoms with Gasteiger partial charge in [0.2, 0.25) is 0 Å². The van der Waals surface area contributed by atoms with Gasteiger partial charge in [-0.05, 0) is 47.0 Å². The molecule has 1 aliphatic heterocycles. The topological polar surface area (TPSA) is 60.4 Å². The predicted molar refractivity (Wildman–Crippen MR) is 96.2 cm³/mol. The van der Waals surface area contributed by atoms with Crippen LogP contribution < -0.4 is 0 Å². The fourth-order valence-electron chi connectivity index (χ4n) is 2.54. The first kappa shape index (κ1) is 16.9. The molecule has 0 N–H and O–H groups in total. The molecule has 124 valence electrons. The summed E-state index contributed by atoms with van der Waals surface area (Å²) in [6.45, 7) is 0.389. The Kier molecular flexibility index (Phi) is 4.60. The molecule has 2 aromatic rings. The van der Waals surface area contributed by atoms with Gasteiger partial charge in [-0.2, -0.15) is 0 Å². The second-order valence-corrected chi connectivity index (χ2v) is 8.52. The Morgan fingerprint density at radius 3 is 2.42 bits per heavy atom. The van der Waals surface area contributed by atoms with Gasteiger partial charge < -0.3 is 4.74 Å². The van der Waals surface area contributed by atoms with Crippen LogP contribution in [-0.4, -0.2) is 27.2 Å². The van der Waals surface area contributed by atoms with Crippen LogP contribution >= 0.6 is 15.9 Å². The first-order valence-electron chi connectivity index (χ1n) is 7.32. The fourth-order valence-corrected chi connectivity index (χ4v) is 3.45. The van der Waals surface area contributed by atoms with Gasteiger partial charge in [-0.1, -0.05) is 34.1 Å². The lowest BCUT2D eigenvalue weighted by atomic mass is 9.98. The molecule has 0 bridgehead atoms. The number of carbonyl (C=O) groups excluding carboxylic acids is 1. The Morgan fingerprint density at radius 2 is 1.83 bits per heavy atom. The number of rotatable bonds is 3. The largest absolute Gasteiger partial charge is 0.462 e. The van der Waals surface area contributed by atoms with Crippen molar-refractivity contribution in [3.63, 3.8) is 0 Å². The van der Waals surface area contributed by atoms with Crippen molar-refractivity contribution in [1.82, 2.24) is 0 Å². The number of halogens is 1. The summed E-state index contributed by atoms with van der Waals surface area (Å²) in [6.07, 6.45) is 3.52. The second-order valence-electron chi connectivity index (χ2n) is 5.58. The van der Waals surface area contributed by atoms with Gasteiger partial charge in [0.15, 0.2) is 9.84 Å². The summed E-state index contributed by atoms with van der Waals surface area (Å²) in [6, 6.07) is 12.5. The zero-order valence-electron chi connectivity index (χ0n) is 13.0. The molecule has 2 aromatic carbocycles. The van der Waals surface area contributed by atoms with Crippen molar-refractivity contribution in [3.05, 3.63) is 58.1 Å². The summed E-state index contributed by atoms with van der Waals surface area (Å²) >= 11 is 3.39. The molecule has 1 aliphatic rings. The van der Waals surface area contributed by atoms with E-state index in [1.165, 1.54) is 6.26 Å². The Hall–Kier alpha value is -1.92. The molecular formula is C18H15BrO4S. The highest BCUT2D eigenvalue weighted by Crippen LogP contribution is 2.30. The van der Waals surface area contributed by atoms with Crippen molar-refractivity contribution in [2.24, 2.45) is 0 Å².